The first-order valence-electron chi connectivity index (χ1n) is 10.5. The smallest absolute Gasteiger partial charge is 0.183 e. The maximum absolute atomic E-state index is 14.5. The molecular weight excluding hydrogens is 419 g/mol. The summed E-state index contributed by atoms with van der Waals surface area (Å²) in [5, 5.41) is 8.95. The molecule has 0 aliphatic heterocycles. The average Bonchev–Trinajstić information content (AvgIpc) is 3.24. The van der Waals surface area contributed by atoms with Crippen LogP contribution >= 0.6 is 0 Å². The summed E-state index contributed by atoms with van der Waals surface area (Å²) in [5.41, 5.74) is 2.85. The molecule has 7 nitrogen and oxygen atoms in total. The highest BCUT2D eigenvalue weighted by atomic mass is 19.1. The standard InChI is InChI=1S/C25H21FN6O/c1-16(18-7-3-5-9-20(18)26)32-21-10-6-4-8-19(21)23(31-32)25-28-15-22(33-2)24(30-25)29-17-11-13-27-14-12-17/h3-16H,1-2H3,(H,27,28,29,30)/t16-/m0/s1. The van der Waals surface area contributed by atoms with Crippen LogP contribution in [0.4, 0.5) is 15.9 Å². The monoisotopic (exact) mass is 440 g/mol. The van der Waals surface area contributed by atoms with Gasteiger partial charge < -0.3 is 10.1 Å². The highest BCUT2D eigenvalue weighted by Crippen LogP contribution is 2.33. The second-order valence-electron chi connectivity index (χ2n) is 7.48. The van der Waals surface area contributed by atoms with Crippen molar-refractivity contribution in [3.8, 4) is 17.3 Å². The van der Waals surface area contributed by atoms with Crippen LogP contribution in [-0.2, 0) is 0 Å². The number of pyridine rings is 1. The largest absolute Gasteiger partial charge is 0.491 e. The lowest BCUT2D eigenvalue weighted by Crippen LogP contribution is -2.10. The van der Waals surface area contributed by atoms with E-state index < -0.39 is 0 Å². The Morgan fingerprint density at radius 1 is 1.00 bits per heavy atom. The van der Waals surface area contributed by atoms with Crippen molar-refractivity contribution in [2.24, 2.45) is 0 Å². The summed E-state index contributed by atoms with van der Waals surface area (Å²) in [7, 11) is 1.57. The van der Waals surface area contributed by atoms with E-state index >= 15 is 0 Å². The summed E-state index contributed by atoms with van der Waals surface area (Å²) in [5.74, 6) is 1.17. The highest BCUT2D eigenvalue weighted by Gasteiger charge is 2.21. The van der Waals surface area contributed by atoms with Gasteiger partial charge in [-0.2, -0.15) is 5.10 Å². The van der Waals surface area contributed by atoms with Crippen molar-refractivity contribution >= 4 is 22.4 Å². The third-order valence-electron chi connectivity index (χ3n) is 5.47. The summed E-state index contributed by atoms with van der Waals surface area (Å²) < 4.78 is 21.8. The molecule has 8 heteroatoms. The van der Waals surface area contributed by atoms with Crippen LogP contribution in [0.25, 0.3) is 22.4 Å². The van der Waals surface area contributed by atoms with Crippen LogP contribution in [0.1, 0.15) is 18.5 Å². The van der Waals surface area contributed by atoms with Crippen molar-refractivity contribution in [2.75, 3.05) is 12.4 Å². The van der Waals surface area contributed by atoms with Gasteiger partial charge in [0.2, 0.25) is 0 Å². The number of rotatable bonds is 6. The number of halogens is 1. The Bertz CT molecular complexity index is 1420. The van der Waals surface area contributed by atoms with E-state index in [2.05, 4.69) is 15.3 Å². The number of hydrogen-bond donors (Lipinski definition) is 1. The summed E-state index contributed by atoms with van der Waals surface area (Å²) >= 11 is 0. The van der Waals surface area contributed by atoms with Crippen molar-refractivity contribution in [1.82, 2.24) is 24.7 Å². The number of para-hydroxylation sites is 1. The van der Waals surface area contributed by atoms with Crippen LogP contribution < -0.4 is 10.1 Å². The van der Waals surface area contributed by atoms with Crippen LogP contribution in [0.15, 0.2) is 79.3 Å². The van der Waals surface area contributed by atoms with Gasteiger partial charge in [-0.1, -0.05) is 36.4 Å². The molecule has 1 N–H and O–H groups in total. The maximum atomic E-state index is 14.5. The van der Waals surface area contributed by atoms with Crippen LogP contribution in [0, 0.1) is 5.82 Å². The molecule has 3 heterocycles. The summed E-state index contributed by atoms with van der Waals surface area (Å²) in [6.45, 7) is 1.92. The predicted octanol–water partition coefficient (Wildman–Crippen LogP) is 5.39. The molecule has 0 unspecified atom stereocenters. The molecule has 0 fully saturated rings. The van der Waals surface area contributed by atoms with E-state index in [-0.39, 0.29) is 11.9 Å². The van der Waals surface area contributed by atoms with Crippen molar-refractivity contribution in [1.29, 1.82) is 0 Å². The number of methoxy groups -OCH3 is 1. The molecule has 3 aromatic heterocycles. The van der Waals surface area contributed by atoms with Gasteiger partial charge in [0.1, 0.15) is 11.5 Å². The zero-order valence-electron chi connectivity index (χ0n) is 18.1. The normalized spacial score (nSPS) is 12.0. The molecule has 164 valence electrons. The fraction of sp³-hybridized carbons (Fsp3) is 0.120. The Labute approximate surface area is 189 Å². The fourth-order valence-electron chi connectivity index (χ4n) is 3.79. The van der Waals surface area contributed by atoms with Gasteiger partial charge in [0, 0.05) is 29.0 Å². The van der Waals surface area contributed by atoms with E-state index in [9.17, 15) is 4.39 Å². The van der Waals surface area contributed by atoms with Gasteiger partial charge in [-0.25, -0.2) is 14.4 Å². The minimum atomic E-state index is -0.322. The van der Waals surface area contributed by atoms with Gasteiger partial charge in [-0.15, -0.1) is 0 Å². The van der Waals surface area contributed by atoms with Gasteiger partial charge >= 0.3 is 0 Å². The fourth-order valence-corrected chi connectivity index (χ4v) is 3.79. The Balaban J connectivity index is 1.62. The molecular formula is C25H21FN6O. The van der Waals surface area contributed by atoms with Crippen molar-refractivity contribution in [3.05, 3.63) is 90.6 Å². The minimum absolute atomic E-state index is 0.268. The zero-order chi connectivity index (χ0) is 22.8. The number of benzene rings is 2. The van der Waals surface area contributed by atoms with E-state index in [1.54, 1.807) is 37.8 Å². The molecule has 5 rings (SSSR count). The van der Waals surface area contributed by atoms with Gasteiger partial charge in [0.05, 0.1) is 24.9 Å². The van der Waals surface area contributed by atoms with Crippen molar-refractivity contribution < 1.29 is 9.13 Å². The Hall–Kier alpha value is -4.33. The SMILES string of the molecule is COc1cnc(-c2nn([C@@H](C)c3ccccc3F)c3ccccc23)nc1Nc1ccncc1. The first-order chi connectivity index (χ1) is 16.2. The van der Waals surface area contributed by atoms with Crippen LogP contribution in [0.5, 0.6) is 5.75 Å². The molecule has 0 bridgehead atoms. The first-order valence-corrected chi connectivity index (χ1v) is 10.5. The van der Waals surface area contributed by atoms with Gasteiger partial charge in [0.25, 0.3) is 0 Å². The third kappa shape index (κ3) is 3.87. The second-order valence-corrected chi connectivity index (χ2v) is 7.48. The lowest BCUT2D eigenvalue weighted by atomic mass is 10.1. The van der Waals surface area contributed by atoms with Crippen LogP contribution in [-0.4, -0.2) is 31.8 Å². The quantitative estimate of drug-likeness (QED) is 0.382. The number of nitrogens with one attached hydrogen (secondary N) is 1. The molecule has 1 atom stereocenters. The second kappa shape index (κ2) is 8.66. The minimum Gasteiger partial charge on any atom is -0.491 e. The summed E-state index contributed by atoms with van der Waals surface area (Å²) in [6, 6.07) is 17.9. The number of hydrogen-bond acceptors (Lipinski definition) is 6. The highest BCUT2D eigenvalue weighted by molar-refractivity contribution is 5.92. The number of aromatic nitrogens is 5. The van der Waals surface area contributed by atoms with E-state index in [1.165, 1.54) is 6.07 Å². The number of ether oxygens (including phenoxy) is 1. The van der Waals surface area contributed by atoms with Crippen molar-refractivity contribution in [3.63, 3.8) is 0 Å². The predicted molar refractivity (Wildman–Crippen MR) is 125 cm³/mol. The maximum Gasteiger partial charge on any atom is 0.183 e. The average molecular weight is 440 g/mol. The molecule has 2 aromatic carbocycles. The topological polar surface area (TPSA) is 77.8 Å². The van der Waals surface area contributed by atoms with E-state index in [1.807, 2.05) is 54.1 Å². The molecule has 0 saturated carbocycles. The first kappa shape index (κ1) is 20.6. The number of fused-ring (bicyclic) bond motifs is 1. The van der Waals surface area contributed by atoms with Gasteiger partial charge in [-0.3, -0.25) is 9.67 Å². The van der Waals surface area contributed by atoms with Crippen molar-refractivity contribution in [2.45, 2.75) is 13.0 Å². The number of nitrogens with zero attached hydrogens (tertiary/aromatic N) is 5. The lowest BCUT2D eigenvalue weighted by molar-refractivity contribution is 0.413. The molecule has 0 spiro atoms. The molecule has 33 heavy (non-hydrogen) atoms. The summed E-state index contributed by atoms with van der Waals surface area (Å²) in [6.07, 6.45) is 4.99. The molecule has 0 aliphatic carbocycles. The third-order valence-corrected chi connectivity index (χ3v) is 5.47. The van der Waals surface area contributed by atoms with Gasteiger partial charge in [0.15, 0.2) is 17.4 Å². The molecule has 0 amide bonds. The Kier molecular flexibility index (Phi) is 5.40. The Morgan fingerprint density at radius 2 is 1.76 bits per heavy atom. The molecule has 0 aliphatic rings. The molecule has 0 radical (unpaired) electrons. The molecule has 0 saturated heterocycles. The van der Waals surface area contributed by atoms with E-state index in [0.29, 0.717) is 28.6 Å². The lowest BCUT2D eigenvalue weighted by Gasteiger charge is -2.14. The van der Waals surface area contributed by atoms with Crippen LogP contribution in [0.2, 0.25) is 0 Å². The van der Waals surface area contributed by atoms with Gasteiger partial charge in [-0.05, 0) is 31.2 Å². The zero-order valence-corrected chi connectivity index (χ0v) is 18.1. The van der Waals surface area contributed by atoms with Crippen LogP contribution in [0.3, 0.4) is 0 Å². The molecule has 5 aromatic rings. The van der Waals surface area contributed by atoms with E-state index in [0.717, 1.165) is 16.6 Å². The van der Waals surface area contributed by atoms with E-state index in [4.69, 9.17) is 14.8 Å². The Morgan fingerprint density at radius 3 is 2.55 bits per heavy atom. The number of anilines is 2. The summed E-state index contributed by atoms with van der Waals surface area (Å²) in [4.78, 5) is 13.2.